The Balaban J connectivity index is 2.21. The molecule has 0 aliphatic carbocycles. The van der Waals surface area contributed by atoms with Crippen LogP contribution in [0.15, 0.2) is 24.3 Å². The lowest BCUT2D eigenvalue weighted by Gasteiger charge is -2.24. The normalized spacial score (nSPS) is 19.0. The van der Waals surface area contributed by atoms with Crippen LogP contribution >= 0.6 is 0 Å². The number of imide groups is 1. The molecule has 3 amide bonds. The van der Waals surface area contributed by atoms with E-state index in [1.54, 1.807) is 0 Å². The summed E-state index contributed by atoms with van der Waals surface area (Å²) in [5.74, 6) is -0.142. The molecule has 1 atom stereocenters. The van der Waals surface area contributed by atoms with Gasteiger partial charge in [0.2, 0.25) is 0 Å². The van der Waals surface area contributed by atoms with E-state index in [-0.39, 0.29) is 17.4 Å². The summed E-state index contributed by atoms with van der Waals surface area (Å²) in [5.41, 5.74) is 1.85. The second-order valence-electron chi connectivity index (χ2n) is 7.18. The van der Waals surface area contributed by atoms with Crippen molar-refractivity contribution in [3.63, 3.8) is 0 Å². The lowest BCUT2D eigenvalue weighted by molar-refractivity contribution is -0.129. The van der Waals surface area contributed by atoms with Gasteiger partial charge in [0.15, 0.2) is 0 Å². The van der Waals surface area contributed by atoms with Gasteiger partial charge in [0, 0.05) is 6.54 Å². The Hall–Kier alpha value is -1.88. The zero-order valence-corrected chi connectivity index (χ0v) is 14.0. The van der Waals surface area contributed by atoms with E-state index in [1.807, 2.05) is 59.1 Å². The van der Waals surface area contributed by atoms with Crippen molar-refractivity contribution in [1.82, 2.24) is 15.1 Å². The molecule has 5 nitrogen and oxygen atoms in total. The van der Waals surface area contributed by atoms with Crippen LogP contribution in [-0.4, -0.2) is 41.9 Å². The summed E-state index contributed by atoms with van der Waals surface area (Å²) in [6.07, 6.45) is 0. The largest absolute Gasteiger partial charge is 0.325 e. The number of carbonyl (C=O) groups excluding carboxylic acids is 2. The molecule has 1 heterocycles. The van der Waals surface area contributed by atoms with E-state index < -0.39 is 6.04 Å². The van der Waals surface area contributed by atoms with E-state index in [0.29, 0.717) is 6.54 Å². The van der Waals surface area contributed by atoms with Gasteiger partial charge in [0.25, 0.3) is 5.91 Å². The smallest absolute Gasteiger partial charge is 0.325 e. The first-order chi connectivity index (χ1) is 10.2. The Labute approximate surface area is 132 Å². The van der Waals surface area contributed by atoms with Crippen molar-refractivity contribution < 1.29 is 9.59 Å². The van der Waals surface area contributed by atoms with Crippen LogP contribution in [0.4, 0.5) is 4.79 Å². The minimum atomic E-state index is -0.457. The minimum Gasteiger partial charge on any atom is -0.325 e. The quantitative estimate of drug-likeness (QED) is 0.868. The van der Waals surface area contributed by atoms with Crippen molar-refractivity contribution >= 4 is 11.9 Å². The van der Waals surface area contributed by atoms with E-state index >= 15 is 0 Å². The first-order valence-electron chi connectivity index (χ1n) is 7.53. The van der Waals surface area contributed by atoms with Gasteiger partial charge >= 0.3 is 6.03 Å². The number of benzene rings is 1. The summed E-state index contributed by atoms with van der Waals surface area (Å²) in [4.78, 5) is 28.1. The van der Waals surface area contributed by atoms with Gasteiger partial charge in [0.05, 0.1) is 6.54 Å². The summed E-state index contributed by atoms with van der Waals surface area (Å²) in [6.45, 7) is 6.97. The summed E-state index contributed by atoms with van der Waals surface area (Å²) < 4.78 is 0. The molecular weight excluding hydrogens is 278 g/mol. The second kappa shape index (κ2) is 6.08. The van der Waals surface area contributed by atoms with Crippen molar-refractivity contribution in [3.05, 3.63) is 35.4 Å². The molecule has 0 saturated carbocycles. The molecule has 22 heavy (non-hydrogen) atoms. The second-order valence-corrected chi connectivity index (χ2v) is 7.18. The molecule has 0 aromatic heterocycles. The number of nitrogens with zero attached hydrogens (tertiary/aromatic N) is 2. The average Bonchev–Trinajstić information content (AvgIpc) is 2.68. The molecule has 120 valence electrons. The maximum Gasteiger partial charge on any atom is 0.325 e. The van der Waals surface area contributed by atoms with Crippen molar-refractivity contribution in [2.75, 3.05) is 14.1 Å². The fourth-order valence-electron chi connectivity index (χ4n) is 2.63. The van der Waals surface area contributed by atoms with Gasteiger partial charge in [-0.15, -0.1) is 0 Å². The lowest BCUT2D eigenvalue weighted by Crippen LogP contribution is -2.41. The van der Waals surface area contributed by atoms with Gasteiger partial charge in [-0.1, -0.05) is 45.0 Å². The van der Waals surface area contributed by atoms with Crippen LogP contribution in [0.5, 0.6) is 0 Å². The van der Waals surface area contributed by atoms with Crippen LogP contribution in [0.2, 0.25) is 0 Å². The molecule has 2 rings (SSSR count). The maximum absolute atomic E-state index is 12.5. The van der Waals surface area contributed by atoms with Crippen molar-refractivity contribution in [1.29, 1.82) is 0 Å². The molecule has 1 fully saturated rings. The fraction of sp³-hybridized carbons (Fsp3) is 0.529. The third-order valence-electron chi connectivity index (χ3n) is 3.83. The highest BCUT2D eigenvalue weighted by molar-refractivity contribution is 6.04. The van der Waals surface area contributed by atoms with E-state index in [2.05, 4.69) is 10.2 Å². The fourth-order valence-corrected chi connectivity index (χ4v) is 2.63. The zero-order chi connectivity index (χ0) is 16.5. The van der Waals surface area contributed by atoms with E-state index in [1.165, 1.54) is 4.90 Å². The van der Waals surface area contributed by atoms with Crippen LogP contribution < -0.4 is 5.32 Å². The summed E-state index contributed by atoms with van der Waals surface area (Å²) in [5, 5.41) is 2.80. The van der Waals surface area contributed by atoms with Gasteiger partial charge in [-0.2, -0.15) is 0 Å². The molecule has 1 N–H and O–H groups in total. The Morgan fingerprint density at radius 3 is 2.23 bits per heavy atom. The molecular formula is C17H25N3O2. The molecule has 1 aliphatic rings. The van der Waals surface area contributed by atoms with Crippen LogP contribution in [0.1, 0.15) is 31.9 Å². The van der Waals surface area contributed by atoms with Crippen molar-refractivity contribution in [2.24, 2.45) is 5.41 Å². The molecule has 1 aromatic carbocycles. The molecule has 0 radical (unpaired) electrons. The maximum atomic E-state index is 12.5. The predicted octanol–water partition coefficient (Wildman–Crippen LogP) is 2.21. The molecule has 0 bridgehead atoms. The molecule has 1 aliphatic heterocycles. The predicted molar refractivity (Wildman–Crippen MR) is 86.2 cm³/mol. The molecule has 1 saturated heterocycles. The number of amides is 3. The van der Waals surface area contributed by atoms with Crippen LogP contribution in [0.3, 0.4) is 0 Å². The highest BCUT2D eigenvalue weighted by Crippen LogP contribution is 2.26. The first kappa shape index (κ1) is 16.5. The van der Waals surface area contributed by atoms with Crippen LogP contribution in [0, 0.1) is 5.41 Å². The Kier molecular flexibility index (Phi) is 4.56. The highest BCUT2D eigenvalue weighted by Gasteiger charge is 2.44. The van der Waals surface area contributed by atoms with Gasteiger partial charge in [-0.05, 0) is 30.6 Å². The van der Waals surface area contributed by atoms with Crippen molar-refractivity contribution in [2.45, 2.75) is 39.9 Å². The molecule has 1 aromatic rings. The Morgan fingerprint density at radius 2 is 1.73 bits per heavy atom. The minimum absolute atomic E-state index is 0.142. The number of hydrogen-bond donors (Lipinski definition) is 1. The SMILES string of the molecule is CN(C)Cc1ccccc1CN1C(=O)NC(C(C)(C)C)C1=O. The zero-order valence-electron chi connectivity index (χ0n) is 14.0. The monoisotopic (exact) mass is 303 g/mol. The number of hydrogen-bond acceptors (Lipinski definition) is 3. The molecule has 5 heteroatoms. The van der Waals surface area contributed by atoms with E-state index in [9.17, 15) is 9.59 Å². The molecule has 0 spiro atoms. The van der Waals surface area contributed by atoms with Gasteiger partial charge in [-0.25, -0.2) is 4.79 Å². The third kappa shape index (κ3) is 3.47. The number of nitrogens with one attached hydrogen (secondary N) is 1. The number of rotatable bonds is 4. The van der Waals surface area contributed by atoms with E-state index in [0.717, 1.165) is 17.7 Å². The third-order valence-corrected chi connectivity index (χ3v) is 3.83. The highest BCUT2D eigenvalue weighted by atomic mass is 16.2. The van der Waals surface area contributed by atoms with Gasteiger partial charge in [-0.3, -0.25) is 9.69 Å². The summed E-state index contributed by atoms with van der Waals surface area (Å²) >= 11 is 0. The lowest BCUT2D eigenvalue weighted by atomic mass is 9.87. The summed E-state index contributed by atoms with van der Waals surface area (Å²) in [7, 11) is 4.00. The average molecular weight is 303 g/mol. The van der Waals surface area contributed by atoms with E-state index in [4.69, 9.17) is 0 Å². The molecule has 1 unspecified atom stereocenters. The van der Waals surface area contributed by atoms with Crippen molar-refractivity contribution in [3.8, 4) is 0 Å². The topological polar surface area (TPSA) is 52.6 Å². The standard InChI is InChI=1S/C17H25N3O2/c1-17(2,3)14-15(21)20(16(22)18-14)11-13-9-7-6-8-12(13)10-19(4)5/h6-9,14H,10-11H2,1-5H3,(H,18,22). The van der Waals surface area contributed by atoms with Crippen LogP contribution in [0.25, 0.3) is 0 Å². The Morgan fingerprint density at radius 1 is 1.14 bits per heavy atom. The van der Waals surface area contributed by atoms with Gasteiger partial charge in [0.1, 0.15) is 6.04 Å². The van der Waals surface area contributed by atoms with Crippen LogP contribution in [-0.2, 0) is 17.9 Å². The first-order valence-corrected chi connectivity index (χ1v) is 7.53. The number of urea groups is 1. The number of carbonyl (C=O) groups is 2. The van der Waals surface area contributed by atoms with Gasteiger partial charge < -0.3 is 10.2 Å². The Bertz CT molecular complexity index is 576. The summed E-state index contributed by atoms with van der Waals surface area (Å²) in [6, 6.07) is 7.17.